The maximum atomic E-state index is 14.8. The van der Waals surface area contributed by atoms with Gasteiger partial charge in [0.15, 0.2) is 10.3 Å². The fourth-order valence-electron chi connectivity index (χ4n) is 6.56. The van der Waals surface area contributed by atoms with Gasteiger partial charge >= 0.3 is 12.1 Å². The summed E-state index contributed by atoms with van der Waals surface area (Å²) in [5, 5.41) is 25.8. The summed E-state index contributed by atoms with van der Waals surface area (Å²) in [4.78, 5) is 82.9. The predicted octanol–water partition coefficient (Wildman–Crippen LogP) is 8.79. The van der Waals surface area contributed by atoms with Crippen LogP contribution in [0.25, 0.3) is 22.3 Å². The molecule has 21 heteroatoms. The molecule has 8 rings (SSSR count). The van der Waals surface area contributed by atoms with Gasteiger partial charge in [0, 0.05) is 63.1 Å². The number of carbonyl (C=O) groups is 6. The maximum Gasteiger partial charge on any atom is 0.405 e. The molecular weight excluding hydrogens is 922 g/mol. The van der Waals surface area contributed by atoms with E-state index in [4.69, 9.17) is 0 Å². The zero-order valence-electron chi connectivity index (χ0n) is 35.3. The summed E-state index contributed by atoms with van der Waals surface area (Å²) in [7, 11) is 0. The SMILES string of the molecule is Cc1c(F)cc(C(=O)NC2CC2)cc1-c1ccc(C(=O)NCC(F)(F)F)cc1C(=O)Nc1nccs1.Cc1c(F)cc(C(=O)NC2CC2)cc1-c1ccc(C(=O)O)cc1C(=O)Nc1nccs1. The summed E-state index contributed by atoms with van der Waals surface area (Å²) < 4.78 is 67.2. The van der Waals surface area contributed by atoms with Crippen LogP contribution in [0.3, 0.4) is 0 Å². The number of nitrogens with zero attached hydrogens (tertiary/aromatic N) is 2. The summed E-state index contributed by atoms with van der Waals surface area (Å²) >= 11 is 2.34. The lowest BCUT2D eigenvalue weighted by molar-refractivity contribution is -0.123. The predicted molar refractivity (Wildman–Crippen MR) is 240 cm³/mol. The van der Waals surface area contributed by atoms with Crippen molar-refractivity contribution >= 4 is 68.4 Å². The van der Waals surface area contributed by atoms with Crippen LogP contribution in [0.5, 0.6) is 0 Å². The molecule has 67 heavy (non-hydrogen) atoms. The van der Waals surface area contributed by atoms with Crippen LogP contribution in [0.2, 0.25) is 0 Å². The molecule has 0 radical (unpaired) electrons. The van der Waals surface area contributed by atoms with Crippen LogP contribution in [0.4, 0.5) is 32.2 Å². The topological polar surface area (TPSA) is 209 Å². The van der Waals surface area contributed by atoms with Gasteiger partial charge in [-0.1, -0.05) is 12.1 Å². The van der Waals surface area contributed by atoms with E-state index < -0.39 is 59.9 Å². The molecule has 346 valence electrons. The second-order valence-corrected chi connectivity index (χ2v) is 17.3. The minimum absolute atomic E-state index is 0.0392. The Balaban J connectivity index is 0.000000201. The summed E-state index contributed by atoms with van der Waals surface area (Å²) in [6.45, 7) is 1.47. The van der Waals surface area contributed by atoms with Crippen LogP contribution in [0.15, 0.2) is 83.8 Å². The maximum absolute atomic E-state index is 14.8. The van der Waals surface area contributed by atoms with E-state index in [1.54, 1.807) is 23.0 Å². The molecule has 2 aliphatic carbocycles. The zero-order valence-corrected chi connectivity index (χ0v) is 36.9. The smallest absolute Gasteiger partial charge is 0.405 e. The molecular formula is C46H38F5N7O7S2. The van der Waals surface area contributed by atoms with Crippen molar-refractivity contribution in [2.75, 3.05) is 17.2 Å². The Morgan fingerprint density at radius 1 is 0.597 bits per heavy atom. The van der Waals surface area contributed by atoms with Gasteiger partial charge < -0.3 is 21.1 Å². The van der Waals surface area contributed by atoms with E-state index in [0.29, 0.717) is 16.3 Å². The number of nitrogens with one attached hydrogen (secondary N) is 5. The van der Waals surface area contributed by atoms with Crippen LogP contribution in [0, 0.1) is 25.5 Å². The Morgan fingerprint density at radius 2 is 1.03 bits per heavy atom. The number of rotatable bonds is 13. The summed E-state index contributed by atoms with van der Waals surface area (Å²) in [5.41, 5.74) is 1.29. The Hall–Kier alpha value is -7.39. The number of hydrogen-bond acceptors (Lipinski definition) is 10. The number of aromatic nitrogens is 2. The summed E-state index contributed by atoms with van der Waals surface area (Å²) in [6, 6.07) is 13.1. The Bertz CT molecular complexity index is 2900. The Morgan fingerprint density at radius 3 is 1.42 bits per heavy atom. The van der Waals surface area contributed by atoms with Crippen molar-refractivity contribution in [3.05, 3.63) is 140 Å². The van der Waals surface area contributed by atoms with Gasteiger partial charge in [0.05, 0.1) is 5.56 Å². The summed E-state index contributed by atoms with van der Waals surface area (Å²) in [6.07, 6.45) is 1.84. The van der Waals surface area contributed by atoms with E-state index in [1.807, 2.05) is 0 Å². The average molecular weight is 960 g/mol. The van der Waals surface area contributed by atoms with E-state index in [9.17, 15) is 55.8 Å². The van der Waals surface area contributed by atoms with E-state index in [2.05, 4.69) is 31.2 Å². The molecule has 0 bridgehead atoms. The lowest BCUT2D eigenvalue weighted by atomic mass is 9.92. The third-order valence-corrected chi connectivity index (χ3v) is 11.8. The van der Waals surface area contributed by atoms with Crippen LogP contribution in [0.1, 0.15) is 99.0 Å². The molecule has 0 saturated heterocycles. The van der Waals surface area contributed by atoms with Gasteiger partial charge in [-0.15, -0.1) is 22.7 Å². The number of halogens is 5. The average Bonchev–Trinajstić information content (AvgIpc) is 4.18. The van der Waals surface area contributed by atoms with Crippen molar-refractivity contribution in [1.82, 2.24) is 25.9 Å². The van der Waals surface area contributed by atoms with Gasteiger partial charge in [-0.3, -0.25) is 34.6 Å². The van der Waals surface area contributed by atoms with Crippen molar-refractivity contribution in [3.8, 4) is 22.3 Å². The molecule has 2 aromatic heterocycles. The molecule has 2 heterocycles. The van der Waals surface area contributed by atoms with E-state index in [0.717, 1.165) is 55.2 Å². The number of benzene rings is 4. The third-order valence-electron chi connectivity index (χ3n) is 10.4. The monoisotopic (exact) mass is 959 g/mol. The highest BCUT2D eigenvalue weighted by Crippen LogP contribution is 2.34. The van der Waals surface area contributed by atoms with Gasteiger partial charge in [0.1, 0.15) is 18.2 Å². The molecule has 0 unspecified atom stereocenters. The fraction of sp³-hybridized carbons (Fsp3) is 0.217. The second kappa shape index (κ2) is 20.0. The molecule has 2 aliphatic rings. The summed E-state index contributed by atoms with van der Waals surface area (Å²) in [5.74, 6) is -5.65. The standard InChI is InChI=1S/C24H20F4N4O3S.C22H18FN3O4S/c1-12-17(9-14(10-19(12)25)21(34)31-15-3-4-15)16-5-2-13(20(33)30-11-24(26,27)28)8-18(16)22(35)32-23-29-6-7-36-23;1-11-16(9-13(10-18(11)23)19(27)25-14-3-4-14)15-5-2-12(21(29)30)8-17(15)20(28)26-22-24-6-7-31-22/h2,5-10,15H,3-4,11H2,1H3,(H,30,33)(H,31,34)(H,29,32,35);2,5-10,14H,3-4H2,1H3,(H,25,27)(H,29,30)(H,24,26,28). The minimum atomic E-state index is -4.61. The van der Waals surface area contributed by atoms with Gasteiger partial charge in [0.25, 0.3) is 29.5 Å². The van der Waals surface area contributed by atoms with E-state index in [1.165, 1.54) is 73.1 Å². The molecule has 2 fully saturated rings. The van der Waals surface area contributed by atoms with Crippen molar-refractivity contribution in [3.63, 3.8) is 0 Å². The van der Waals surface area contributed by atoms with Crippen molar-refractivity contribution in [1.29, 1.82) is 0 Å². The van der Waals surface area contributed by atoms with Crippen LogP contribution < -0.4 is 26.6 Å². The van der Waals surface area contributed by atoms with Gasteiger partial charge in [-0.05, 0) is 121 Å². The largest absolute Gasteiger partial charge is 0.478 e. The highest BCUT2D eigenvalue weighted by Gasteiger charge is 2.30. The molecule has 5 amide bonds. The molecule has 0 atom stereocenters. The second-order valence-electron chi connectivity index (χ2n) is 15.5. The normalized spacial score (nSPS) is 13.1. The van der Waals surface area contributed by atoms with Crippen molar-refractivity contribution in [2.45, 2.75) is 57.8 Å². The number of hydrogen-bond donors (Lipinski definition) is 6. The van der Waals surface area contributed by atoms with Crippen LogP contribution in [-0.4, -0.2) is 75.4 Å². The molecule has 14 nitrogen and oxygen atoms in total. The van der Waals surface area contributed by atoms with Crippen LogP contribution in [-0.2, 0) is 0 Å². The number of carboxylic acids is 1. The molecule has 0 spiro atoms. The highest BCUT2D eigenvalue weighted by atomic mass is 32.1. The molecule has 6 N–H and O–H groups in total. The zero-order chi connectivity index (χ0) is 48.2. The van der Waals surface area contributed by atoms with Gasteiger partial charge in [-0.2, -0.15) is 13.2 Å². The van der Waals surface area contributed by atoms with Crippen molar-refractivity contribution < 1.29 is 55.8 Å². The first-order valence-corrected chi connectivity index (χ1v) is 22.1. The Kier molecular flexibility index (Phi) is 14.2. The lowest BCUT2D eigenvalue weighted by Gasteiger charge is -2.16. The number of amides is 5. The lowest BCUT2D eigenvalue weighted by Crippen LogP contribution is -2.33. The van der Waals surface area contributed by atoms with Crippen molar-refractivity contribution in [2.24, 2.45) is 0 Å². The quantitative estimate of drug-likeness (QED) is 0.0611. The number of thiazole rings is 2. The minimum Gasteiger partial charge on any atom is -0.478 e. The van der Waals surface area contributed by atoms with E-state index >= 15 is 0 Å². The fourth-order valence-corrected chi connectivity index (χ4v) is 7.61. The highest BCUT2D eigenvalue weighted by molar-refractivity contribution is 7.14. The van der Waals surface area contributed by atoms with Gasteiger partial charge in [0.2, 0.25) is 0 Å². The number of aromatic carboxylic acids is 1. The van der Waals surface area contributed by atoms with Gasteiger partial charge in [-0.25, -0.2) is 23.5 Å². The third kappa shape index (κ3) is 12.1. The number of anilines is 2. The first kappa shape index (κ1) is 47.6. The Labute approximate surface area is 386 Å². The van der Waals surface area contributed by atoms with Crippen LogP contribution >= 0.6 is 22.7 Å². The number of alkyl halides is 3. The molecule has 6 aromatic rings. The van der Waals surface area contributed by atoms with E-state index in [-0.39, 0.29) is 72.8 Å². The molecule has 2 saturated carbocycles. The molecule has 4 aromatic carbocycles. The first-order valence-electron chi connectivity index (χ1n) is 20.4. The number of carbonyl (C=O) groups excluding carboxylic acids is 5. The first-order chi connectivity index (χ1) is 31.8. The molecule has 0 aliphatic heterocycles. The number of carboxylic acid groups (broad SMARTS) is 1.